The molecule has 3 nitrogen and oxygen atoms in total. The van der Waals surface area contributed by atoms with Crippen LogP contribution in [0.4, 0.5) is 0 Å². The molecule has 2 aromatic rings. The summed E-state index contributed by atoms with van der Waals surface area (Å²) in [4.78, 5) is 17.4. The van der Waals surface area contributed by atoms with Crippen molar-refractivity contribution in [3.8, 4) is 6.07 Å². The van der Waals surface area contributed by atoms with Gasteiger partial charge < -0.3 is 0 Å². The molecule has 0 saturated carbocycles. The van der Waals surface area contributed by atoms with Gasteiger partial charge in [0.25, 0.3) is 0 Å². The van der Waals surface area contributed by atoms with Crippen LogP contribution in [0.3, 0.4) is 0 Å². The van der Waals surface area contributed by atoms with E-state index in [9.17, 15) is 10.1 Å². The first kappa shape index (κ1) is 15.2. The Hall–Kier alpha value is -1.16. The number of rotatable bonds is 5. The highest BCUT2D eigenvalue weighted by Crippen LogP contribution is 2.25. The van der Waals surface area contributed by atoms with E-state index in [2.05, 4.69) is 27.0 Å². The molecule has 0 unspecified atom stereocenters. The van der Waals surface area contributed by atoms with E-state index < -0.39 is 5.92 Å². The smallest absolute Gasteiger partial charge is 0.167 e. The first-order chi connectivity index (χ1) is 9.60. The number of aryl methyl sites for hydroxylation is 1. The summed E-state index contributed by atoms with van der Waals surface area (Å²) in [5, 5.41) is 11.6. The van der Waals surface area contributed by atoms with Gasteiger partial charge in [-0.25, -0.2) is 4.98 Å². The average Bonchev–Trinajstić information content (AvgIpc) is 2.85. The van der Waals surface area contributed by atoms with Gasteiger partial charge in [0.2, 0.25) is 0 Å². The van der Waals surface area contributed by atoms with Gasteiger partial charge in [0.1, 0.15) is 5.01 Å². The van der Waals surface area contributed by atoms with Gasteiger partial charge in [0, 0.05) is 20.4 Å². The number of ketones is 1. The first-order valence-corrected chi connectivity index (χ1v) is 8.48. The summed E-state index contributed by atoms with van der Waals surface area (Å²) >= 11 is 6.17. The Bertz CT molecular complexity index is 646. The third-order valence-corrected chi connectivity index (χ3v) is 5.12. The van der Waals surface area contributed by atoms with E-state index >= 15 is 0 Å². The molecule has 6 heteroatoms. The quantitative estimate of drug-likeness (QED) is 0.744. The molecule has 0 fully saturated rings. The van der Waals surface area contributed by atoms with Gasteiger partial charge in [-0.05, 0) is 31.2 Å². The van der Waals surface area contributed by atoms with Crippen molar-refractivity contribution in [1.82, 2.24) is 4.98 Å². The zero-order chi connectivity index (χ0) is 14.5. The van der Waals surface area contributed by atoms with E-state index in [-0.39, 0.29) is 11.5 Å². The molecule has 102 valence electrons. The topological polar surface area (TPSA) is 53.8 Å². The van der Waals surface area contributed by atoms with Gasteiger partial charge in [-0.2, -0.15) is 5.26 Å². The molecule has 0 aliphatic rings. The van der Waals surface area contributed by atoms with Gasteiger partial charge in [-0.1, -0.05) is 15.9 Å². The number of hydrogen-bond acceptors (Lipinski definition) is 5. The van der Waals surface area contributed by atoms with E-state index in [1.54, 1.807) is 0 Å². The van der Waals surface area contributed by atoms with Gasteiger partial charge in [-0.15, -0.1) is 23.1 Å². The van der Waals surface area contributed by atoms with Gasteiger partial charge >= 0.3 is 0 Å². The fourth-order valence-electron chi connectivity index (χ4n) is 1.54. The Balaban J connectivity index is 2.00. The predicted octanol–water partition coefficient (Wildman–Crippen LogP) is 4.18. The summed E-state index contributed by atoms with van der Waals surface area (Å²) in [7, 11) is 0. The molecule has 0 N–H and O–H groups in total. The molecule has 20 heavy (non-hydrogen) atoms. The third kappa shape index (κ3) is 3.92. The number of halogens is 1. The van der Waals surface area contributed by atoms with Crippen LogP contribution >= 0.6 is 39.0 Å². The largest absolute Gasteiger partial charge is 0.297 e. The second kappa shape index (κ2) is 7.02. The maximum Gasteiger partial charge on any atom is 0.167 e. The number of carbonyl (C=O) groups is 1. The summed E-state index contributed by atoms with van der Waals surface area (Å²) in [6, 6.07) is 9.80. The fourth-order valence-corrected chi connectivity index (χ4v) is 3.47. The SMILES string of the molecule is Cc1csc([C@H](C#N)C(=O)CSc2ccc(Br)cc2)n1. The number of Topliss-reactive ketones (excluding diaryl/α,β-unsaturated/α-hetero) is 1. The number of thiazole rings is 1. The Kier molecular flexibility index (Phi) is 5.35. The van der Waals surface area contributed by atoms with Crippen molar-refractivity contribution in [1.29, 1.82) is 5.26 Å². The molecule has 1 heterocycles. The lowest BCUT2D eigenvalue weighted by molar-refractivity contribution is -0.116. The van der Waals surface area contributed by atoms with E-state index in [1.165, 1.54) is 23.1 Å². The van der Waals surface area contributed by atoms with E-state index in [0.717, 1.165) is 15.1 Å². The Morgan fingerprint density at radius 2 is 2.20 bits per heavy atom. The molecule has 0 saturated heterocycles. The van der Waals surface area contributed by atoms with E-state index in [1.807, 2.05) is 36.6 Å². The number of hydrogen-bond donors (Lipinski definition) is 0. The lowest BCUT2D eigenvalue weighted by atomic mass is 10.1. The van der Waals surface area contributed by atoms with Gasteiger partial charge in [0.15, 0.2) is 11.7 Å². The van der Waals surface area contributed by atoms with E-state index in [4.69, 9.17) is 0 Å². The molecule has 1 aromatic carbocycles. The monoisotopic (exact) mass is 366 g/mol. The minimum absolute atomic E-state index is 0.102. The third-order valence-electron chi connectivity index (χ3n) is 2.53. The van der Waals surface area contributed by atoms with Crippen LogP contribution in [0.15, 0.2) is 39.0 Å². The van der Waals surface area contributed by atoms with E-state index in [0.29, 0.717) is 5.01 Å². The standard InChI is InChI=1S/C14H11BrN2OS2/c1-9-7-20-14(17-9)12(6-16)13(18)8-19-11-4-2-10(15)3-5-11/h2-5,7,12H,8H2,1H3/t12-/m1/s1. The van der Waals surface area contributed by atoms with Crippen molar-refractivity contribution in [2.45, 2.75) is 17.7 Å². The van der Waals surface area contributed by atoms with Crippen LogP contribution in [0.2, 0.25) is 0 Å². The highest BCUT2D eigenvalue weighted by atomic mass is 79.9. The van der Waals surface area contributed by atoms with Crippen LogP contribution in [0, 0.1) is 18.3 Å². The van der Waals surface area contributed by atoms with Gasteiger partial charge in [-0.3, -0.25) is 4.79 Å². The van der Waals surface area contributed by atoms with Crippen molar-refractivity contribution in [2.75, 3.05) is 5.75 Å². The Labute approximate surface area is 134 Å². The van der Waals surface area contributed by atoms with Crippen molar-refractivity contribution >= 4 is 44.8 Å². The predicted molar refractivity (Wildman–Crippen MR) is 85.1 cm³/mol. The number of carbonyl (C=O) groups excluding carboxylic acids is 1. The zero-order valence-electron chi connectivity index (χ0n) is 10.7. The molecule has 0 amide bonds. The normalized spacial score (nSPS) is 11.8. The van der Waals surface area contributed by atoms with Crippen molar-refractivity contribution < 1.29 is 4.79 Å². The van der Waals surface area contributed by atoms with Crippen molar-refractivity contribution in [3.63, 3.8) is 0 Å². The number of aromatic nitrogens is 1. The molecular weight excluding hydrogens is 356 g/mol. The van der Waals surface area contributed by atoms with Gasteiger partial charge in [0.05, 0.1) is 11.8 Å². The summed E-state index contributed by atoms with van der Waals surface area (Å²) in [5.74, 6) is -0.579. The number of nitriles is 1. The average molecular weight is 367 g/mol. The van der Waals surface area contributed by atoms with Crippen LogP contribution < -0.4 is 0 Å². The molecule has 1 aromatic heterocycles. The lowest BCUT2D eigenvalue weighted by Gasteiger charge is -2.05. The number of nitrogens with zero attached hydrogens (tertiary/aromatic N) is 2. The van der Waals surface area contributed by atoms with Crippen LogP contribution in [0.25, 0.3) is 0 Å². The van der Waals surface area contributed by atoms with Crippen molar-refractivity contribution in [3.05, 3.63) is 44.8 Å². The molecule has 0 aliphatic heterocycles. The molecule has 0 aliphatic carbocycles. The van der Waals surface area contributed by atoms with Crippen LogP contribution in [-0.4, -0.2) is 16.5 Å². The first-order valence-electron chi connectivity index (χ1n) is 5.83. The fraction of sp³-hybridized carbons (Fsp3) is 0.214. The second-order valence-corrected chi connectivity index (χ2v) is 6.95. The lowest BCUT2D eigenvalue weighted by Crippen LogP contribution is -2.13. The zero-order valence-corrected chi connectivity index (χ0v) is 13.9. The molecule has 2 rings (SSSR count). The summed E-state index contributed by atoms with van der Waals surface area (Å²) in [5.41, 5.74) is 0.846. The highest BCUT2D eigenvalue weighted by molar-refractivity contribution is 9.10. The number of thioether (sulfide) groups is 1. The highest BCUT2D eigenvalue weighted by Gasteiger charge is 2.23. The van der Waals surface area contributed by atoms with Crippen LogP contribution in [-0.2, 0) is 4.79 Å². The molecule has 0 spiro atoms. The summed E-state index contributed by atoms with van der Waals surface area (Å²) in [6.45, 7) is 1.86. The Morgan fingerprint density at radius 3 is 2.75 bits per heavy atom. The molecule has 1 atom stereocenters. The molecule has 0 bridgehead atoms. The summed E-state index contributed by atoms with van der Waals surface area (Å²) in [6.07, 6.45) is 0. The maximum absolute atomic E-state index is 12.1. The number of benzene rings is 1. The minimum atomic E-state index is -0.753. The Morgan fingerprint density at radius 1 is 1.50 bits per heavy atom. The second-order valence-electron chi connectivity index (χ2n) is 4.10. The minimum Gasteiger partial charge on any atom is -0.297 e. The van der Waals surface area contributed by atoms with Crippen LogP contribution in [0.1, 0.15) is 16.6 Å². The van der Waals surface area contributed by atoms with Crippen LogP contribution in [0.5, 0.6) is 0 Å². The maximum atomic E-state index is 12.1. The molecular formula is C14H11BrN2OS2. The van der Waals surface area contributed by atoms with Crippen molar-refractivity contribution in [2.24, 2.45) is 0 Å². The molecule has 0 radical (unpaired) electrons. The summed E-state index contributed by atoms with van der Waals surface area (Å²) < 4.78 is 1.00.